The first-order valence-corrected chi connectivity index (χ1v) is 8.59. The van der Waals surface area contributed by atoms with Crippen molar-refractivity contribution in [2.45, 2.75) is 12.5 Å². The van der Waals surface area contributed by atoms with E-state index in [4.69, 9.17) is 11.6 Å². The molecule has 0 aromatic heterocycles. The number of anilines is 1. The Labute approximate surface area is 160 Å². The Balaban J connectivity index is 1.57. The predicted molar refractivity (Wildman–Crippen MR) is 102 cm³/mol. The normalized spacial score (nSPS) is 16.7. The first-order chi connectivity index (χ1) is 12.9. The molecule has 3 rings (SSSR count). The number of carbonyl (C=O) groups is 2. The number of hydrogen-bond acceptors (Lipinski definition) is 4. The molecule has 1 N–H and O–H groups in total. The number of nitrogens with one attached hydrogen (secondary N) is 1. The van der Waals surface area contributed by atoms with E-state index in [0.29, 0.717) is 17.1 Å². The van der Waals surface area contributed by atoms with Crippen LogP contribution in [0.15, 0.2) is 54.6 Å². The van der Waals surface area contributed by atoms with Crippen LogP contribution < -0.4 is 10.2 Å². The topological polar surface area (TPSA) is 92.5 Å². The van der Waals surface area contributed by atoms with E-state index in [9.17, 15) is 19.7 Å². The van der Waals surface area contributed by atoms with Gasteiger partial charge in [-0.15, -0.1) is 0 Å². The van der Waals surface area contributed by atoms with Crippen LogP contribution in [0.3, 0.4) is 0 Å². The zero-order chi connectivity index (χ0) is 19.4. The summed E-state index contributed by atoms with van der Waals surface area (Å²) in [7, 11) is 0. The average molecular weight is 386 g/mol. The fourth-order valence-electron chi connectivity index (χ4n) is 2.80. The van der Waals surface area contributed by atoms with Crippen molar-refractivity contribution in [3.63, 3.8) is 0 Å². The summed E-state index contributed by atoms with van der Waals surface area (Å²) in [6, 6.07) is 12.5. The molecule has 8 heteroatoms. The average Bonchev–Trinajstić information content (AvgIpc) is 3.01. The number of non-ortho nitro benzene ring substituents is 1. The number of amides is 2. The Morgan fingerprint density at radius 1 is 1.19 bits per heavy atom. The molecule has 2 aromatic rings. The maximum absolute atomic E-state index is 12.2. The molecule has 138 valence electrons. The van der Waals surface area contributed by atoms with E-state index in [1.165, 1.54) is 18.2 Å². The van der Waals surface area contributed by atoms with E-state index in [1.807, 2.05) is 0 Å². The van der Waals surface area contributed by atoms with Gasteiger partial charge >= 0.3 is 0 Å². The maximum atomic E-state index is 12.2. The SMILES string of the molecule is O=C(/C=C\c1ccc([N+](=O)[O-])cc1)N[C@H]1CC(=O)N(c2ccc(Cl)cc2)C1. The van der Waals surface area contributed by atoms with E-state index in [0.717, 1.165) is 5.69 Å². The smallest absolute Gasteiger partial charge is 0.269 e. The molecule has 1 fully saturated rings. The summed E-state index contributed by atoms with van der Waals surface area (Å²) in [5, 5.41) is 14.0. The molecule has 0 unspecified atom stereocenters. The molecule has 1 heterocycles. The lowest BCUT2D eigenvalue weighted by atomic mass is 10.2. The van der Waals surface area contributed by atoms with E-state index in [-0.39, 0.29) is 30.0 Å². The van der Waals surface area contributed by atoms with Crippen LogP contribution in [0.1, 0.15) is 12.0 Å². The van der Waals surface area contributed by atoms with Crippen molar-refractivity contribution < 1.29 is 14.5 Å². The molecular weight excluding hydrogens is 370 g/mol. The van der Waals surface area contributed by atoms with Crippen molar-refractivity contribution in [1.82, 2.24) is 5.32 Å². The Hall–Kier alpha value is -3.19. The largest absolute Gasteiger partial charge is 0.347 e. The van der Waals surface area contributed by atoms with Crippen LogP contribution in [-0.4, -0.2) is 29.3 Å². The highest BCUT2D eigenvalue weighted by Crippen LogP contribution is 2.23. The standard InChI is InChI=1S/C19H16ClN3O4/c20-14-4-8-16(9-5-14)22-12-15(11-19(22)25)21-18(24)10-3-13-1-6-17(7-2-13)23(26)27/h1-10,15H,11-12H2,(H,21,24)/b10-3-/t15-/m0/s1. The van der Waals surface area contributed by atoms with Crippen molar-refractivity contribution in [3.05, 3.63) is 75.3 Å². The van der Waals surface area contributed by atoms with Gasteiger partial charge in [0.2, 0.25) is 11.8 Å². The van der Waals surface area contributed by atoms with Gasteiger partial charge in [0.1, 0.15) is 0 Å². The number of nitro benzene ring substituents is 1. The summed E-state index contributed by atoms with van der Waals surface area (Å²) >= 11 is 5.86. The van der Waals surface area contributed by atoms with E-state index in [1.54, 1.807) is 47.4 Å². The second kappa shape index (κ2) is 8.01. The minimum Gasteiger partial charge on any atom is -0.347 e. The van der Waals surface area contributed by atoms with Crippen LogP contribution in [0.4, 0.5) is 11.4 Å². The third kappa shape index (κ3) is 4.71. The third-order valence-corrected chi connectivity index (χ3v) is 4.39. The lowest BCUT2D eigenvalue weighted by Crippen LogP contribution is -2.36. The van der Waals surface area contributed by atoms with E-state index >= 15 is 0 Å². The van der Waals surface area contributed by atoms with Crippen molar-refractivity contribution >= 4 is 40.9 Å². The van der Waals surface area contributed by atoms with Gasteiger partial charge in [0.25, 0.3) is 5.69 Å². The Kier molecular flexibility index (Phi) is 5.52. The Bertz CT molecular complexity index is 894. The van der Waals surface area contributed by atoms with Crippen LogP contribution >= 0.6 is 11.6 Å². The Morgan fingerprint density at radius 2 is 1.85 bits per heavy atom. The molecule has 0 radical (unpaired) electrons. The lowest BCUT2D eigenvalue weighted by molar-refractivity contribution is -0.384. The molecule has 0 bridgehead atoms. The summed E-state index contributed by atoms with van der Waals surface area (Å²) in [4.78, 5) is 36.0. The number of benzene rings is 2. The number of halogens is 1. The summed E-state index contributed by atoms with van der Waals surface area (Å²) in [6.07, 6.45) is 3.13. The maximum Gasteiger partial charge on any atom is 0.269 e. The van der Waals surface area contributed by atoms with Gasteiger partial charge < -0.3 is 10.2 Å². The van der Waals surface area contributed by atoms with Gasteiger partial charge in [0.05, 0.1) is 11.0 Å². The molecule has 1 aliphatic rings. The molecule has 2 amide bonds. The van der Waals surface area contributed by atoms with Crippen molar-refractivity contribution in [1.29, 1.82) is 0 Å². The molecule has 1 aliphatic heterocycles. The van der Waals surface area contributed by atoms with Crippen LogP contribution in [0.5, 0.6) is 0 Å². The van der Waals surface area contributed by atoms with Gasteiger partial charge in [-0.05, 0) is 48.0 Å². The van der Waals surface area contributed by atoms with Crippen LogP contribution in [0, 0.1) is 10.1 Å². The molecule has 0 aliphatic carbocycles. The minimum atomic E-state index is -0.482. The second-order valence-electron chi connectivity index (χ2n) is 6.07. The van der Waals surface area contributed by atoms with Gasteiger partial charge in [-0.25, -0.2) is 0 Å². The van der Waals surface area contributed by atoms with Crippen molar-refractivity contribution in [2.75, 3.05) is 11.4 Å². The monoisotopic (exact) mass is 385 g/mol. The fraction of sp³-hybridized carbons (Fsp3) is 0.158. The fourth-order valence-corrected chi connectivity index (χ4v) is 2.93. The number of carbonyl (C=O) groups excluding carboxylic acids is 2. The number of nitrogens with zero attached hydrogens (tertiary/aromatic N) is 2. The van der Waals surface area contributed by atoms with Crippen molar-refractivity contribution in [3.8, 4) is 0 Å². The predicted octanol–water partition coefficient (Wildman–Crippen LogP) is 3.18. The van der Waals surface area contributed by atoms with E-state index < -0.39 is 4.92 Å². The zero-order valence-electron chi connectivity index (χ0n) is 14.2. The van der Waals surface area contributed by atoms with Gasteiger partial charge in [-0.3, -0.25) is 19.7 Å². The van der Waals surface area contributed by atoms with Gasteiger partial charge in [-0.1, -0.05) is 11.6 Å². The van der Waals surface area contributed by atoms with Crippen molar-refractivity contribution in [2.24, 2.45) is 0 Å². The molecule has 0 saturated carbocycles. The summed E-state index contributed by atoms with van der Waals surface area (Å²) < 4.78 is 0. The van der Waals surface area contributed by atoms with E-state index in [2.05, 4.69) is 5.32 Å². The molecule has 1 saturated heterocycles. The number of rotatable bonds is 5. The zero-order valence-corrected chi connectivity index (χ0v) is 14.9. The molecule has 2 aromatic carbocycles. The first-order valence-electron chi connectivity index (χ1n) is 8.21. The molecule has 0 spiro atoms. The number of nitro groups is 1. The number of hydrogen-bond donors (Lipinski definition) is 1. The minimum absolute atomic E-state index is 0.0108. The molecule has 1 atom stereocenters. The lowest BCUT2D eigenvalue weighted by Gasteiger charge is -2.17. The first kappa shape index (κ1) is 18.6. The summed E-state index contributed by atoms with van der Waals surface area (Å²) in [5.41, 5.74) is 1.40. The molecular formula is C19H16ClN3O4. The summed E-state index contributed by atoms with van der Waals surface area (Å²) in [6.45, 7) is 0.386. The molecule has 7 nitrogen and oxygen atoms in total. The van der Waals surface area contributed by atoms with Gasteiger partial charge in [-0.2, -0.15) is 0 Å². The third-order valence-electron chi connectivity index (χ3n) is 4.14. The second-order valence-corrected chi connectivity index (χ2v) is 6.51. The van der Waals surface area contributed by atoms with Crippen LogP contribution in [-0.2, 0) is 9.59 Å². The highest BCUT2D eigenvalue weighted by molar-refractivity contribution is 6.30. The van der Waals surface area contributed by atoms with Crippen LogP contribution in [0.2, 0.25) is 5.02 Å². The summed E-state index contributed by atoms with van der Waals surface area (Å²) in [5.74, 6) is -0.397. The van der Waals surface area contributed by atoms with Gasteiger partial charge in [0.15, 0.2) is 0 Å². The molecule has 27 heavy (non-hydrogen) atoms. The quantitative estimate of drug-likeness (QED) is 0.486. The van der Waals surface area contributed by atoms with Crippen LogP contribution in [0.25, 0.3) is 6.08 Å². The Morgan fingerprint density at radius 3 is 2.48 bits per heavy atom. The van der Waals surface area contributed by atoms with Gasteiger partial charge in [0, 0.05) is 41.9 Å². The highest BCUT2D eigenvalue weighted by atomic mass is 35.5. The highest BCUT2D eigenvalue weighted by Gasteiger charge is 2.31.